The first-order chi connectivity index (χ1) is 9.22. The van der Waals surface area contributed by atoms with Gasteiger partial charge in [0.2, 0.25) is 0 Å². The van der Waals surface area contributed by atoms with E-state index in [9.17, 15) is 9.59 Å². The summed E-state index contributed by atoms with van der Waals surface area (Å²) in [5, 5.41) is 12.2. The Morgan fingerprint density at radius 3 is 2.40 bits per heavy atom. The van der Waals surface area contributed by atoms with E-state index in [1.807, 2.05) is 0 Å². The maximum absolute atomic E-state index is 11.4. The molecule has 0 spiro atoms. The highest BCUT2D eigenvalue weighted by Gasteiger charge is 2.35. The van der Waals surface area contributed by atoms with E-state index in [1.165, 1.54) is 0 Å². The highest BCUT2D eigenvalue weighted by molar-refractivity contribution is 5.68. The lowest BCUT2D eigenvalue weighted by atomic mass is 9.77. The predicted octanol–water partition coefficient (Wildman–Crippen LogP) is 1.29. The van der Waals surface area contributed by atoms with Gasteiger partial charge in [-0.2, -0.15) is 5.48 Å². The number of carboxylic acid groups (broad SMARTS) is 1. The summed E-state index contributed by atoms with van der Waals surface area (Å²) in [6, 6.07) is 0. The second kappa shape index (κ2) is 6.90. The number of rotatable bonds is 5. The van der Waals surface area contributed by atoms with Crippen LogP contribution in [0.1, 0.15) is 40.0 Å². The van der Waals surface area contributed by atoms with Gasteiger partial charge in [-0.15, -0.1) is 0 Å². The molecule has 3 N–H and O–H groups in total. The minimum absolute atomic E-state index is 0.0324. The van der Waals surface area contributed by atoms with Gasteiger partial charge in [0.05, 0.1) is 13.0 Å². The molecule has 0 bridgehead atoms. The molecule has 116 valence electrons. The summed E-state index contributed by atoms with van der Waals surface area (Å²) in [5.74, 6) is -0.854. The van der Waals surface area contributed by atoms with Gasteiger partial charge in [-0.3, -0.25) is 9.63 Å². The number of carbonyl (C=O) groups excluding carboxylic acids is 1. The topological polar surface area (TPSA) is 96.9 Å². The average Bonchev–Trinajstić information content (AvgIpc) is 2.26. The number of amides is 1. The van der Waals surface area contributed by atoms with Crippen molar-refractivity contribution in [1.29, 1.82) is 0 Å². The van der Waals surface area contributed by atoms with E-state index in [4.69, 9.17) is 14.7 Å². The van der Waals surface area contributed by atoms with E-state index < -0.39 is 23.1 Å². The second-order valence-electron chi connectivity index (χ2n) is 6.21. The van der Waals surface area contributed by atoms with Gasteiger partial charge in [-0.25, -0.2) is 4.79 Å². The van der Waals surface area contributed by atoms with Gasteiger partial charge in [-0.1, -0.05) is 0 Å². The van der Waals surface area contributed by atoms with Crippen LogP contribution in [0.4, 0.5) is 4.79 Å². The number of hydrogen-bond donors (Lipinski definition) is 3. The predicted molar refractivity (Wildman–Crippen MR) is 72.1 cm³/mol. The van der Waals surface area contributed by atoms with Crippen LogP contribution in [0.3, 0.4) is 0 Å². The molecule has 20 heavy (non-hydrogen) atoms. The van der Waals surface area contributed by atoms with Gasteiger partial charge in [0, 0.05) is 5.41 Å². The van der Waals surface area contributed by atoms with Crippen LogP contribution < -0.4 is 10.8 Å². The van der Waals surface area contributed by atoms with Crippen LogP contribution in [0.15, 0.2) is 0 Å². The average molecular weight is 288 g/mol. The largest absolute Gasteiger partial charge is 0.481 e. The van der Waals surface area contributed by atoms with Crippen molar-refractivity contribution >= 4 is 12.1 Å². The minimum atomic E-state index is -0.854. The van der Waals surface area contributed by atoms with Crippen molar-refractivity contribution < 1.29 is 24.3 Å². The Balaban J connectivity index is 2.43. The molecule has 1 fully saturated rings. The van der Waals surface area contributed by atoms with Crippen molar-refractivity contribution in [2.45, 2.75) is 45.6 Å². The van der Waals surface area contributed by atoms with Gasteiger partial charge in [-0.05, 0) is 46.7 Å². The van der Waals surface area contributed by atoms with Gasteiger partial charge in [0.25, 0.3) is 0 Å². The lowest BCUT2D eigenvalue weighted by molar-refractivity contribution is -0.142. The Hall–Kier alpha value is -1.34. The van der Waals surface area contributed by atoms with E-state index in [2.05, 4.69) is 10.8 Å². The molecule has 0 aromatic rings. The second-order valence-corrected chi connectivity index (χ2v) is 6.21. The summed E-state index contributed by atoms with van der Waals surface area (Å²) >= 11 is 0. The smallest absolute Gasteiger partial charge is 0.431 e. The third-order valence-corrected chi connectivity index (χ3v) is 3.12. The van der Waals surface area contributed by atoms with E-state index in [0.717, 1.165) is 13.1 Å². The fourth-order valence-electron chi connectivity index (χ4n) is 2.20. The molecule has 1 aliphatic heterocycles. The first-order valence-electron chi connectivity index (χ1n) is 6.76. The molecule has 7 heteroatoms. The van der Waals surface area contributed by atoms with Crippen molar-refractivity contribution in [2.24, 2.45) is 5.41 Å². The molecule has 0 saturated carbocycles. The van der Waals surface area contributed by atoms with E-state index in [1.54, 1.807) is 20.8 Å². The lowest BCUT2D eigenvalue weighted by Gasteiger charge is -2.35. The summed E-state index contributed by atoms with van der Waals surface area (Å²) < 4.78 is 5.04. The molecule has 1 amide bonds. The lowest BCUT2D eigenvalue weighted by Crippen LogP contribution is -2.43. The van der Waals surface area contributed by atoms with Crippen LogP contribution in [0, 0.1) is 5.41 Å². The zero-order chi connectivity index (χ0) is 15.2. The fourth-order valence-corrected chi connectivity index (χ4v) is 2.20. The molecular formula is C13H24N2O5. The van der Waals surface area contributed by atoms with Crippen molar-refractivity contribution in [1.82, 2.24) is 10.8 Å². The van der Waals surface area contributed by atoms with Crippen molar-refractivity contribution in [3.8, 4) is 0 Å². The number of carboxylic acids is 1. The zero-order valence-electron chi connectivity index (χ0n) is 12.3. The van der Waals surface area contributed by atoms with E-state index in [0.29, 0.717) is 12.8 Å². The SMILES string of the molecule is CC(C)(C)OC(=O)NOCC1(CC(=O)O)CCNCC1. The number of hydrogen-bond acceptors (Lipinski definition) is 5. The summed E-state index contributed by atoms with van der Waals surface area (Å²) in [6.45, 7) is 6.94. The summed E-state index contributed by atoms with van der Waals surface area (Å²) in [6.07, 6.45) is 0.770. The molecule has 0 aliphatic carbocycles. The van der Waals surface area contributed by atoms with E-state index in [-0.39, 0.29) is 13.0 Å². The number of piperidine rings is 1. The number of ether oxygens (including phenoxy) is 1. The molecule has 0 aromatic carbocycles. The van der Waals surface area contributed by atoms with Gasteiger partial charge in [0.15, 0.2) is 0 Å². The standard InChI is InChI=1S/C13H24N2O5/c1-12(2,3)20-11(18)15-19-9-13(8-10(16)17)4-6-14-7-5-13/h14H,4-9H2,1-3H3,(H,15,18)(H,16,17). The number of aliphatic carboxylic acids is 1. The van der Waals surface area contributed by atoms with Crippen LogP contribution in [-0.2, 0) is 14.4 Å². The highest BCUT2D eigenvalue weighted by atomic mass is 16.7. The van der Waals surface area contributed by atoms with Crippen molar-refractivity contribution in [3.63, 3.8) is 0 Å². The molecule has 0 unspecified atom stereocenters. The summed E-state index contributed by atoms with van der Waals surface area (Å²) in [7, 11) is 0. The molecule has 0 aromatic heterocycles. The fraction of sp³-hybridized carbons (Fsp3) is 0.846. The number of carbonyl (C=O) groups is 2. The Morgan fingerprint density at radius 2 is 1.90 bits per heavy atom. The molecular weight excluding hydrogens is 264 g/mol. The maximum Gasteiger partial charge on any atom is 0.431 e. The van der Waals surface area contributed by atoms with Gasteiger partial charge >= 0.3 is 12.1 Å². The molecule has 0 radical (unpaired) electrons. The molecule has 1 heterocycles. The Labute approximate surface area is 119 Å². The van der Waals surface area contributed by atoms with Crippen LogP contribution in [-0.4, -0.2) is 42.5 Å². The quantitative estimate of drug-likeness (QED) is 0.660. The van der Waals surface area contributed by atoms with Crippen LogP contribution in [0.5, 0.6) is 0 Å². The molecule has 0 atom stereocenters. The number of hydroxylamine groups is 1. The first-order valence-corrected chi connectivity index (χ1v) is 6.76. The minimum Gasteiger partial charge on any atom is -0.481 e. The monoisotopic (exact) mass is 288 g/mol. The maximum atomic E-state index is 11.4. The normalized spacial score (nSPS) is 18.4. The summed E-state index contributed by atoms with van der Waals surface area (Å²) in [5.41, 5.74) is 1.18. The third kappa shape index (κ3) is 6.21. The van der Waals surface area contributed by atoms with Gasteiger partial charge in [0.1, 0.15) is 5.60 Å². The van der Waals surface area contributed by atoms with Crippen LogP contribution in [0.25, 0.3) is 0 Å². The summed E-state index contributed by atoms with van der Waals surface area (Å²) in [4.78, 5) is 27.6. The molecule has 7 nitrogen and oxygen atoms in total. The van der Waals surface area contributed by atoms with E-state index >= 15 is 0 Å². The van der Waals surface area contributed by atoms with Crippen LogP contribution in [0.2, 0.25) is 0 Å². The zero-order valence-corrected chi connectivity index (χ0v) is 12.3. The third-order valence-electron chi connectivity index (χ3n) is 3.12. The Morgan fingerprint density at radius 1 is 1.30 bits per heavy atom. The highest BCUT2D eigenvalue weighted by Crippen LogP contribution is 2.32. The molecule has 1 rings (SSSR count). The van der Waals surface area contributed by atoms with Crippen LogP contribution >= 0.6 is 0 Å². The number of nitrogens with one attached hydrogen (secondary N) is 2. The van der Waals surface area contributed by atoms with Crippen molar-refractivity contribution in [3.05, 3.63) is 0 Å². The first kappa shape index (κ1) is 16.7. The van der Waals surface area contributed by atoms with Gasteiger partial charge < -0.3 is 15.2 Å². The Bertz CT molecular complexity index is 345. The molecule has 1 aliphatic rings. The molecule has 1 saturated heterocycles. The van der Waals surface area contributed by atoms with Crippen molar-refractivity contribution in [2.75, 3.05) is 19.7 Å². The Kier molecular flexibility index (Phi) is 5.76.